The number of unbranched alkanes of at least 4 members (excludes halogenated alkanes) is 10. The summed E-state index contributed by atoms with van der Waals surface area (Å²) >= 11 is 0. The summed E-state index contributed by atoms with van der Waals surface area (Å²) in [6.45, 7) is 4.97. The molecule has 0 bridgehead atoms. The summed E-state index contributed by atoms with van der Waals surface area (Å²) in [5, 5.41) is 0. The molecule has 2 unspecified atom stereocenters. The van der Waals surface area contributed by atoms with Crippen molar-refractivity contribution in [2.24, 2.45) is 5.92 Å². The maximum absolute atomic E-state index is 12.3. The molecule has 1 aliphatic heterocycles. The van der Waals surface area contributed by atoms with Gasteiger partial charge >= 0.3 is 5.97 Å². The number of likely N-dealkylation sites (N-methyl/N-ethyl adjacent to an activating group) is 1. The van der Waals surface area contributed by atoms with Gasteiger partial charge in [-0.25, -0.2) is 0 Å². The maximum Gasteiger partial charge on any atom is 0.309 e. The molecule has 0 spiro atoms. The quantitative estimate of drug-likeness (QED) is 0.158. The lowest BCUT2D eigenvalue weighted by Crippen LogP contribution is -2.31. The van der Waals surface area contributed by atoms with Crippen LogP contribution in [0, 0.1) is 5.92 Å². The van der Waals surface area contributed by atoms with Crippen LogP contribution in [0.4, 0.5) is 0 Å². The third-order valence-corrected chi connectivity index (χ3v) is 6.03. The lowest BCUT2D eigenvalue weighted by Gasteiger charge is -2.17. The smallest absolute Gasteiger partial charge is 0.309 e. The van der Waals surface area contributed by atoms with Gasteiger partial charge in [0.2, 0.25) is 0 Å². The van der Waals surface area contributed by atoms with Gasteiger partial charge in [-0.3, -0.25) is 9.59 Å². The summed E-state index contributed by atoms with van der Waals surface area (Å²) in [5.41, 5.74) is 0. The Balaban J connectivity index is 2.00. The molecule has 0 aromatic carbocycles. The van der Waals surface area contributed by atoms with E-state index in [2.05, 4.69) is 19.1 Å². The van der Waals surface area contributed by atoms with Crippen molar-refractivity contribution < 1.29 is 14.3 Å². The Morgan fingerprint density at radius 3 is 2.14 bits per heavy atom. The van der Waals surface area contributed by atoms with Crippen LogP contribution in [0.25, 0.3) is 0 Å². The minimum Gasteiger partial charge on any atom is -0.452 e. The summed E-state index contributed by atoms with van der Waals surface area (Å²) in [6, 6.07) is 0. The first kappa shape index (κ1) is 25.7. The van der Waals surface area contributed by atoms with Crippen LogP contribution in [0.15, 0.2) is 12.2 Å². The predicted octanol–water partition coefficient (Wildman–Crippen LogP) is 6.43. The minimum absolute atomic E-state index is 0.0576. The van der Waals surface area contributed by atoms with E-state index in [1.807, 2.05) is 6.92 Å². The number of rotatable bonds is 17. The highest BCUT2D eigenvalue weighted by Gasteiger charge is 2.33. The van der Waals surface area contributed by atoms with Gasteiger partial charge in [-0.15, -0.1) is 0 Å². The van der Waals surface area contributed by atoms with E-state index in [-0.39, 0.29) is 17.8 Å². The molecule has 0 N–H and O–H groups in total. The van der Waals surface area contributed by atoms with Gasteiger partial charge in [0.15, 0.2) is 6.10 Å². The average molecular weight is 408 g/mol. The van der Waals surface area contributed by atoms with E-state index in [1.54, 1.807) is 11.9 Å². The maximum atomic E-state index is 12.3. The molecular weight excluding hydrogens is 362 g/mol. The molecule has 4 heteroatoms. The molecule has 29 heavy (non-hydrogen) atoms. The topological polar surface area (TPSA) is 46.6 Å². The van der Waals surface area contributed by atoms with Gasteiger partial charge in [-0.05, 0) is 38.5 Å². The number of likely N-dealkylation sites (tertiary alicyclic amines) is 1. The highest BCUT2D eigenvalue weighted by atomic mass is 16.5. The monoisotopic (exact) mass is 407 g/mol. The summed E-state index contributed by atoms with van der Waals surface area (Å²) in [6.07, 6.45) is 21.7. The fourth-order valence-electron chi connectivity index (χ4n) is 3.91. The Bertz CT molecular complexity index is 475. The number of hydrogen-bond acceptors (Lipinski definition) is 3. The third kappa shape index (κ3) is 11.4. The number of ether oxygens (including phenoxy) is 1. The molecule has 0 aliphatic carbocycles. The molecule has 1 rings (SSSR count). The number of allylic oxidation sites excluding steroid dienone is 2. The molecule has 4 nitrogen and oxygen atoms in total. The Labute approximate surface area is 179 Å². The van der Waals surface area contributed by atoms with Gasteiger partial charge in [0.25, 0.3) is 5.91 Å². The van der Waals surface area contributed by atoms with Gasteiger partial charge in [0.1, 0.15) is 0 Å². The zero-order valence-electron chi connectivity index (χ0n) is 19.3. The third-order valence-electron chi connectivity index (χ3n) is 6.03. The Morgan fingerprint density at radius 2 is 1.59 bits per heavy atom. The molecule has 1 amide bonds. The zero-order chi connectivity index (χ0) is 21.3. The van der Waals surface area contributed by atoms with Crippen molar-refractivity contribution in [3.05, 3.63) is 12.2 Å². The first-order chi connectivity index (χ1) is 14.1. The number of esters is 1. The highest BCUT2D eigenvalue weighted by Crippen LogP contribution is 2.20. The van der Waals surface area contributed by atoms with Crippen molar-refractivity contribution in [3.63, 3.8) is 0 Å². The SMILES string of the molecule is CCCCCCCC/C=C\CCCCCCC(CC)C(=O)OC1CCN(C)C1=O. The first-order valence-electron chi connectivity index (χ1n) is 12.2. The number of nitrogens with zero attached hydrogens (tertiary/aromatic N) is 1. The predicted molar refractivity (Wildman–Crippen MR) is 121 cm³/mol. The highest BCUT2D eigenvalue weighted by molar-refractivity contribution is 5.85. The molecule has 0 aromatic rings. The summed E-state index contributed by atoms with van der Waals surface area (Å²) in [7, 11) is 1.76. The molecule has 1 aliphatic rings. The summed E-state index contributed by atoms with van der Waals surface area (Å²) in [4.78, 5) is 25.9. The molecule has 0 aromatic heterocycles. The van der Waals surface area contributed by atoms with E-state index >= 15 is 0 Å². The second-order valence-corrected chi connectivity index (χ2v) is 8.60. The Morgan fingerprint density at radius 1 is 1.00 bits per heavy atom. The number of carbonyl (C=O) groups excluding carboxylic acids is 2. The van der Waals surface area contributed by atoms with Gasteiger partial charge in [0, 0.05) is 20.0 Å². The van der Waals surface area contributed by atoms with Crippen LogP contribution in [0.5, 0.6) is 0 Å². The van der Waals surface area contributed by atoms with Crippen molar-refractivity contribution >= 4 is 11.9 Å². The Kier molecular flexibility index (Phi) is 14.6. The molecule has 2 atom stereocenters. The molecular formula is C25H45NO3. The van der Waals surface area contributed by atoms with Crippen LogP contribution >= 0.6 is 0 Å². The number of hydrogen-bond donors (Lipinski definition) is 0. The molecule has 1 heterocycles. The van der Waals surface area contributed by atoms with E-state index in [0.717, 1.165) is 19.3 Å². The van der Waals surface area contributed by atoms with E-state index in [9.17, 15) is 9.59 Å². The fourth-order valence-corrected chi connectivity index (χ4v) is 3.91. The zero-order valence-corrected chi connectivity index (χ0v) is 19.3. The van der Waals surface area contributed by atoms with Crippen molar-refractivity contribution in [1.29, 1.82) is 0 Å². The van der Waals surface area contributed by atoms with Crippen LogP contribution in [-0.4, -0.2) is 36.5 Å². The molecule has 0 radical (unpaired) electrons. The van der Waals surface area contributed by atoms with Gasteiger partial charge < -0.3 is 9.64 Å². The summed E-state index contributed by atoms with van der Waals surface area (Å²) in [5.74, 6) is -0.303. The van der Waals surface area contributed by atoms with E-state index in [1.165, 1.54) is 70.6 Å². The van der Waals surface area contributed by atoms with Crippen LogP contribution in [0.1, 0.15) is 110 Å². The second kappa shape index (κ2) is 16.5. The molecule has 168 valence electrons. The van der Waals surface area contributed by atoms with E-state index in [4.69, 9.17) is 4.74 Å². The lowest BCUT2D eigenvalue weighted by atomic mass is 9.98. The van der Waals surface area contributed by atoms with Crippen LogP contribution in [0.2, 0.25) is 0 Å². The molecule has 1 fully saturated rings. The van der Waals surface area contributed by atoms with Gasteiger partial charge in [-0.1, -0.05) is 77.4 Å². The van der Waals surface area contributed by atoms with E-state index in [0.29, 0.717) is 13.0 Å². The van der Waals surface area contributed by atoms with Crippen LogP contribution in [0.3, 0.4) is 0 Å². The van der Waals surface area contributed by atoms with Crippen LogP contribution < -0.4 is 0 Å². The number of amides is 1. The van der Waals surface area contributed by atoms with Crippen molar-refractivity contribution in [1.82, 2.24) is 4.90 Å². The largest absolute Gasteiger partial charge is 0.452 e. The van der Waals surface area contributed by atoms with Crippen molar-refractivity contribution in [2.75, 3.05) is 13.6 Å². The standard InChI is InChI=1S/C25H45NO3/c1-4-6-7-8-9-10-11-12-13-14-15-16-17-18-19-22(5-2)25(28)29-23-20-21-26(3)24(23)27/h12-13,22-23H,4-11,14-21H2,1-3H3/b13-12-. The Hall–Kier alpha value is -1.32. The van der Waals surface area contributed by atoms with Gasteiger partial charge in [0.05, 0.1) is 5.92 Å². The first-order valence-corrected chi connectivity index (χ1v) is 12.2. The second-order valence-electron chi connectivity index (χ2n) is 8.60. The minimum atomic E-state index is -0.551. The lowest BCUT2D eigenvalue weighted by molar-refractivity contribution is -0.160. The van der Waals surface area contributed by atoms with E-state index < -0.39 is 6.10 Å². The average Bonchev–Trinajstić information content (AvgIpc) is 3.03. The molecule has 1 saturated heterocycles. The van der Waals surface area contributed by atoms with Crippen molar-refractivity contribution in [2.45, 2.75) is 116 Å². The van der Waals surface area contributed by atoms with Gasteiger partial charge in [-0.2, -0.15) is 0 Å². The number of carbonyl (C=O) groups is 2. The molecule has 0 saturated carbocycles. The normalized spacial score (nSPS) is 18.0. The fraction of sp³-hybridized carbons (Fsp3) is 0.840. The van der Waals surface area contributed by atoms with Crippen molar-refractivity contribution in [3.8, 4) is 0 Å². The van der Waals surface area contributed by atoms with Crippen LogP contribution in [-0.2, 0) is 14.3 Å². The summed E-state index contributed by atoms with van der Waals surface area (Å²) < 4.78 is 5.48.